The third kappa shape index (κ3) is 2.12. The number of nitrogens with one attached hydrogen (secondary N) is 1. The van der Waals surface area contributed by atoms with Crippen molar-refractivity contribution in [1.82, 2.24) is 10.3 Å². The van der Waals surface area contributed by atoms with Gasteiger partial charge in [0.2, 0.25) is 0 Å². The maximum atomic E-state index is 8.69. The molecule has 0 saturated carbocycles. The average Bonchev–Trinajstić information content (AvgIpc) is 2.31. The van der Waals surface area contributed by atoms with Crippen molar-refractivity contribution >= 4 is 5.84 Å². The first-order chi connectivity index (χ1) is 5.53. The van der Waals surface area contributed by atoms with Crippen molar-refractivity contribution in [1.29, 1.82) is 5.26 Å². The first kappa shape index (κ1) is 8.85. The van der Waals surface area contributed by atoms with Crippen molar-refractivity contribution in [2.75, 3.05) is 6.67 Å². The van der Waals surface area contributed by atoms with Crippen LogP contribution in [0.1, 0.15) is 27.2 Å². The van der Waals surface area contributed by atoms with E-state index in [-0.39, 0.29) is 5.41 Å². The van der Waals surface area contributed by atoms with Gasteiger partial charge in [-0.2, -0.15) is 10.4 Å². The highest BCUT2D eigenvalue weighted by Gasteiger charge is 2.22. The number of hydrazone groups is 1. The van der Waals surface area contributed by atoms with E-state index in [9.17, 15) is 0 Å². The second-order valence-electron chi connectivity index (χ2n) is 4.11. The Balaban J connectivity index is 2.59. The van der Waals surface area contributed by atoms with E-state index in [0.29, 0.717) is 6.67 Å². The highest BCUT2D eigenvalue weighted by atomic mass is 15.5. The van der Waals surface area contributed by atoms with Crippen molar-refractivity contribution in [3.63, 3.8) is 0 Å². The Morgan fingerprint density at radius 3 is 2.83 bits per heavy atom. The Kier molecular flexibility index (Phi) is 2.22. The molecule has 1 N–H and O–H groups in total. The molecular formula is C8H14N4. The van der Waals surface area contributed by atoms with E-state index in [1.54, 1.807) is 4.90 Å². The Hall–Kier alpha value is -1.24. The molecular weight excluding hydrogens is 152 g/mol. The van der Waals surface area contributed by atoms with E-state index >= 15 is 0 Å². The molecule has 1 rings (SSSR count). The van der Waals surface area contributed by atoms with Crippen LogP contribution in [0.3, 0.4) is 0 Å². The summed E-state index contributed by atoms with van der Waals surface area (Å²) >= 11 is 0. The molecule has 1 heterocycles. The number of hydrogen-bond donors (Lipinski definition) is 1. The van der Waals surface area contributed by atoms with Gasteiger partial charge in [0.05, 0.1) is 0 Å². The third-order valence-electron chi connectivity index (χ3n) is 1.56. The zero-order valence-electron chi connectivity index (χ0n) is 7.76. The normalized spacial score (nSPS) is 16.8. The number of nitrogens with zero attached hydrogens (tertiary/aromatic N) is 3. The van der Waals surface area contributed by atoms with E-state index in [1.807, 2.05) is 0 Å². The molecule has 0 aliphatic carbocycles. The van der Waals surface area contributed by atoms with Crippen molar-refractivity contribution in [3.05, 3.63) is 0 Å². The van der Waals surface area contributed by atoms with E-state index in [0.717, 1.165) is 12.3 Å². The Labute approximate surface area is 72.9 Å². The molecule has 1 aliphatic rings. The molecule has 0 atom stereocenters. The maximum Gasteiger partial charge on any atom is 0.187 e. The van der Waals surface area contributed by atoms with E-state index in [2.05, 4.69) is 37.5 Å². The van der Waals surface area contributed by atoms with Crippen LogP contribution in [-0.2, 0) is 0 Å². The van der Waals surface area contributed by atoms with Gasteiger partial charge in [-0.25, -0.2) is 4.90 Å². The number of amidine groups is 1. The molecule has 0 aromatic rings. The fraction of sp³-hybridized carbons (Fsp3) is 0.750. The molecule has 0 radical (unpaired) electrons. The minimum absolute atomic E-state index is 0.181. The van der Waals surface area contributed by atoms with Crippen molar-refractivity contribution in [3.8, 4) is 6.19 Å². The third-order valence-corrected chi connectivity index (χ3v) is 1.56. The number of rotatable bonds is 1. The van der Waals surface area contributed by atoms with Crippen LogP contribution in [0.4, 0.5) is 0 Å². The predicted octanol–water partition coefficient (Wildman–Crippen LogP) is 1.08. The second kappa shape index (κ2) is 3.02. The molecule has 0 aromatic carbocycles. The molecule has 0 fully saturated rings. The van der Waals surface area contributed by atoms with Gasteiger partial charge in [0, 0.05) is 6.42 Å². The maximum absolute atomic E-state index is 8.69. The zero-order valence-corrected chi connectivity index (χ0v) is 7.76. The van der Waals surface area contributed by atoms with E-state index < -0.39 is 0 Å². The fourth-order valence-corrected chi connectivity index (χ4v) is 1.05. The van der Waals surface area contributed by atoms with Crippen LogP contribution >= 0.6 is 0 Å². The summed E-state index contributed by atoms with van der Waals surface area (Å²) in [5.41, 5.74) is 2.97. The summed E-state index contributed by atoms with van der Waals surface area (Å²) in [5, 5.41) is 12.7. The van der Waals surface area contributed by atoms with Crippen molar-refractivity contribution in [2.45, 2.75) is 27.2 Å². The highest BCUT2D eigenvalue weighted by molar-refractivity contribution is 5.85. The lowest BCUT2D eigenvalue weighted by atomic mass is 9.91. The summed E-state index contributed by atoms with van der Waals surface area (Å²) in [6, 6.07) is 0. The monoisotopic (exact) mass is 166 g/mol. The van der Waals surface area contributed by atoms with Gasteiger partial charge in [0.1, 0.15) is 12.5 Å². The van der Waals surface area contributed by atoms with Gasteiger partial charge >= 0.3 is 0 Å². The lowest BCUT2D eigenvalue weighted by molar-refractivity contribution is 0.417. The average molecular weight is 166 g/mol. The molecule has 1 aliphatic heterocycles. The van der Waals surface area contributed by atoms with E-state index in [4.69, 9.17) is 5.26 Å². The Morgan fingerprint density at radius 2 is 2.33 bits per heavy atom. The van der Waals surface area contributed by atoms with Crippen LogP contribution in [0.5, 0.6) is 0 Å². The lowest BCUT2D eigenvalue weighted by Gasteiger charge is -2.19. The van der Waals surface area contributed by atoms with Crippen LogP contribution in [0.2, 0.25) is 0 Å². The first-order valence-electron chi connectivity index (χ1n) is 3.99. The first-order valence-corrected chi connectivity index (χ1v) is 3.99. The Morgan fingerprint density at radius 1 is 1.67 bits per heavy atom. The Bertz CT molecular complexity index is 230. The van der Waals surface area contributed by atoms with Crippen LogP contribution in [0, 0.1) is 16.9 Å². The van der Waals surface area contributed by atoms with Gasteiger partial charge in [-0.05, 0) is 5.41 Å². The molecule has 12 heavy (non-hydrogen) atoms. The van der Waals surface area contributed by atoms with Gasteiger partial charge in [-0.3, -0.25) is 5.43 Å². The second-order valence-corrected chi connectivity index (χ2v) is 4.11. The van der Waals surface area contributed by atoms with Crippen LogP contribution in [-0.4, -0.2) is 17.4 Å². The fourth-order valence-electron chi connectivity index (χ4n) is 1.05. The summed E-state index contributed by atoms with van der Waals surface area (Å²) in [6.07, 6.45) is 2.90. The van der Waals surface area contributed by atoms with Gasteiger partial charge < -0.3 is 0 Å². The van der Waals surface area contributed by atoms with Gasteiger partial charge in [-0.1, -0.05) is 20.8 Å². The highest BCUT2D eigenvalue weighted by Crippen LogP contribution is 2.21. The van der Waals surface area contributed by atoms with Crippen molar-refractivity contribution in [2.24, 2.45) is 10.5 Å². The van der Waals surface area contributed by atoms with Gasteiger partial charge in [0.15, 0.2) is 6.19 Å². The minimum atomic E-state index is 0.181. The van der Waals surface area contributed by atoms with Crippen LogP contribution in [0.15, 0.2) is 5.10 Å². The molecule has 0 aromatic heterocycles. The summed E-state index contributed by atoms with van der Waals surface area (Å²) in [4.78, 5) is 1.57. The quantitative estimate of drug-likeness (QED) is 0.593. The van der Waals surface area contributed by atoms with Crippen LogP contribution < -0.4 is 5.43 Å². The SMILES string of the molecule is CC(C)(C)CC1=NNCN1C#N. The van der Waals surface area contributed by atoms with Gasteiger partial charge in [0.25, 0.3) is 0 Å². The molecule has 0 unspecified atom stereocenters. The summed E-state index contributed by atoms with van der Waals surface area (Å²) < 4.78 is 0. The molecule has 0 spiro atoms. The van der Waals surface area contributed by atoms with Crippen LogP contribution in [0.25, 0.3) is 0 Å². The van der Waals surface area contributed by atoms with E-state index in [1.165, 1.54) is 0 Å². The zero-order chi connectivity index (χ0) is 9.19. The largest absolute Gasteiger partial charge is 0.288 e. The smallest absolute Gasteiger partial charge is 0.187 e. The summed E-state index contributed by atoms with van der Waals surface area (Å²) in [7, 11) is 0. The summed E-state index contributed by atoms with van der Waals surface area (Å²) in [5.74, 6) is 0.838. The molecule has 66 valence electrons. The molecule has 4 heteroatoms. The number of hydrogen-bond acceptors (Lipinski definition) is 4. The van der Waals surface area contributed by atoms with Crippen molar-refractivity contribution < 1.29 is 0 Å². The molecule has 0 amide bonds. The minimum Gasteiger partial charge on any atom is -0.288 e. The standard InChI is InChI=1S/C8H14N4/c1-8(2,3)4-7-11-10-6-12(7)5-9/h10H,4,6H2,1-3H3. The predicted molar refractivity (Wildman–Crippen MR) is 47.0 cm³/mol. The topological polar surface area (TPSA) is 51.4 Å². The molecule has 0 bridgehead atoms. The van der Waals surface area contributed by atoms with Gasteiger partial charge in [-0.15, -0.1) is 0 Å². The molecule has 4 nitrogen and oxygen atoms in total. The molecule has 0 saturated heterocycles. The number of nitriles is 1. The summed E-state index contributed by atoms with van der Waals surface area (Å²) in [6.45, 7) is 6.90. The lowest BCUT2D eigenvalue weighted by Crippen LogP contribution is -2.27.